The second-order valence-corrected chi connectivity index (χ2v) is 8.79. The van der Waals surface area contributed by atoms with Crippen LogP contribution in [0.4, 0.5) is 11.4 Å². The van der Waals surface area contributed by atoms with Crippen LogP contribution in [-0.4, -0.2) is 25.5 Å². The number of hydrogen-bond donors (Lipinski definition) is 2. The lowest BCUT2D eigenvalue weighted by Crippen LogP contribution is -2.20. The zero-order chi connectivity index (χ0) is 26.2. The van der Waals surface area contributed by atoms with Crippen molar-refractivity contribution in [2.45, 2.75) is 0 Å². The van der Waals surface area contributed by atoms with Gasteiger partial charge < -0.3 is 20.1 Å². The Bertz CT molecular complexity index is 1370. The van der Waals surface area contributed by atoms with Crippen LogP contribution in [0.3, 0.4) is 0 Å². The molecule has 2 amide bonds. The van der Waals surface area contributed by atoms with Crippen molar-refractivity contribution in [3.8, 4) is 17.6 Å². The van der Waals surface area contributed by atoms with E-state index in [1.165, 1.54) is 31.4 Å². The molecule has 0 atom stereocenters. The summed E-state index contributed by atoms with van der Waals surface area (Å²) in [7, 11) is 1.39. The standard InChI is InChI=1S/C25H17Cl4N3O4/c1-35-22-10-14(8-15(12-30)25(34)32-17-4-2-16(26)3-5-17)9-21(29)24(22)36-13-23(33)31-18-6-7-19(27)20(28)11-18/h2-11H,13H2,1H3,(H,31,33)(H,32,34)/b15-8-. The van der Waals surface area contributed by atoms with E-state index >= 15 is 0 Å². The quantitative estimate of drug-likeness (QED) is 0.229. The van der Waals surface area contributed by atoms with Gasteiger partial charge in [-0.15, -0.1) is 0 Å². The molecule has 0 aliphatic rings. The third kappa shape index (κ3) is 7.30. The maximum Gasteiger partial charge on any atom is 0.266 e. The largest absolute Gasteiger partial charge is 0.493 e. The first-order chi connectivity index (χ1) is 17.2. The summed E-state index contributed by atoms with van der Waals surface area (Å²) < 4.78 is 10.9. The van der Waals surface area contributed by atoms with E-state index in [2.05, 4.69) is 10.6 Å². The minimum absolute atomic E-state index is 0.110. The summed E-state index contributed by atoms with van der Waals surface area (Å²) in [5.74, 6) is -0.772. The zero-order valence-electron chi connectivity index (χ0n) is 18.6. The molecule has 0 saturated carbocycles. The molecule has 0 aromatic heterocycles. The predicted molar refractivity (Wildman–Crippen MR) is 142 cm³/mol. The summed E-state index contributed by atoms with van der Waals surface area (Å²) in [6, 6.07) is 16.0. The number of nitriles is 1. The van der Waals surface area contributed by atoms with Gasteiger partial charge in [0, 0.05) is 16.4 Å². The smallest absolute Gasteiger partial charge is 0.266 e. The molecular weight excluding hydrogens is 548 g/mol. The van der Waals surface area contributed by atoms with E-state index in [9.17, 15) is 14.9 Å². The second kappa shape index (κ2) is 12.5. The maximum absolute atomic E-state index is 12.5. The highest BCUT2D eigenvalue weighted by atomic mass is 35.5. The van der Waals surface area contributed by atoms with Crippen molar-refractivity contribution in [3.63, 3.8) is 0 Å². The fraction of sp³-hybridized carbons (Fsp3) is 0.0800. The molecule has 3 rings (SSSR count). The molecule has 0 spiro atoms. The van der Waals surface area contributed by atoms with Crippen molar-refractivity contribution in [2.24, 2.45) is 0 Å². The van der Waals surface area contributed by atoms with Crippen LogP contribution in [0.15, 0.2) is 60.2 Å². The Labute approximate surface area is 227 Å². The summed E-state index contributed by atoms with van der Waals surface area (Å²) in [5, 5.41) is 16.0. The number of ether oxygens (including phenoxy) is 2. The maximum atomic E-state index is 12.5. The highest BCUT2D eigenvalue weighted by molar-refractivity contribution is 6.42. The van der Waals surface area contributed by atoms with E-state index in [0.29, 0.717) is 32.0 Å². The Morgan fingerprint density at radius 2 is 1.61 bits per heavy atom. The molecule has 0 bridgehead atoms. The van der Waals surface area contributed by atoms with Crippen LogP contribution in [0, 0.1) is 11.3 Å². The Morgan fingerprint density at radius 3 is 2.25 bits per heavy atom. The van der Waals surface area contributed by atoms with E-state index in [-0.39, 0.29) is 28.7 Å². The van der Waals surface area contributed by atoms with Crippen LogP contribution in [0.1, 0.15) is 5.56 Å². The van der Waals surface area contributed by atoms with Crippen molar-refractivity contribution in [2.75, 3.05) is 24.4 Å². The summed E-state index contributed by atoms with van der Waals surface area (Å²) in [5.41, 5.74) is 1.16. The van der Waals surface area contributed by atoms with E-state index in [1.807, 2.05) is 6.07 Å². The molecule has 0 radical (unpaired) electrons. The van der Waals surface area contributed by atoms with Crippen LogP contribution in [-0.2, 0) is 9.59 Å². The van der Waals surface area contributed by atoms with Gasteiger partial charge in [-0.2, -0.15) is 5.26 Å². The summed E-state index contributed by atoms with van der Waals surface area (Å²) >= 11 is 24.0. The van der Waals surface area contributed by atoms with E-state index < -0.39 is 11.8 Å². The van der Waals surface area contributed by atoms with Crippen LogP contribution >= 0.6 is 46.4 Å². The number of carbonyl (C=O) groups is 2. The summed E-state index contributed by atoms with van der Waals surface area (Å²) in [4.78, 5) is 24.8. The monoisotopic (exact) mass is 563 g/mol. The lowest BCUT2D eigenvalue weighted by molar-refractivity contribution is -0.118. The average molecular weight is 565 g/mol. The molecule has 2 N–H and O–H groups in total. The molecule has 184 valence electrons. The number of amides is 2. The zero-order valence-corrected chi connectivity index (χ0v) is 21.6. The highest BCUT2D eigenvalue weighted by Gasteiger charge is 2.16. The third-order valence-electron chi connectivity index (χ3n) is 4.58. The predicted octanol–water partition coefficient (Wildman–Crippen LogP) is 6.87. The first-order valence-corrected chi connectivity index (χ1v) is 11.6. The molecule has 0 unspecified atom stereocenters. The van der Waals surface area contributed by atoms with E-state index in [0.717, 1.165) is 0 Å². The summed E-state index contributed by atoms with van der Waals surface area (Å²) in [6.45, 7) is -0.377. The van der Waals surface area contributed by atoms with Gasteiger partial charge in [0.05, 0.1) is 22.2 Å². The van der Waals surface area contributed by atoms with Gasteiger partial charge in [0.2, 0.25) is 0 Å². The molecule has 0 heterocycles. The molecule has 0 saturated heterocycles. The van der Waals surface area contributed by atoms with Crippen LogP contribution in [0.2, 0.25) is 20.1 Å². The average Bonchev–Trinajstić information content (AvgIpc) is 2.85. The first kappa shape index (κ1) is 27.2. The van der Waals surface area contributed by atoms with Crippen molar-refractivity contribution >= 4 is 75.7 Å². The van der Waals surface area contributed by atoms with Crippen molar-refractivity contribution < 1.29 is 19.1 Å². The number of nitrogens with one attached hydrogen (secondary N) is 2. The van der Waals surface area contributed by atoms with E-state index in [4.69, 9.17) is 55.9 Å². The minimum atomic E-state index is -0.616. The normalized spacial score (nSPS) is 10.8. The molecule has 7 nitrogen and oxygen atoms in total. The number of hydrogen-bond acceptors (Lipinski definition) is 5. The van der Waals surface area contributed by atoms with Gasteiger partial charge in [-0.05, 0) is 66.2 Å². The Morgan fingerprint density at radius 1 is 0.917 bits per heavy atom. The lowest BCUT2D eigenvalue weighted by atomic mass is 10.1. The van der Waals surface area contributed by atoms with E-state index in [1.54, 1.807) is 36.4 Å². The van der Waals surface area contributed by atoms with Gasteiger partial charge in [-0.25, -0.2) is 0 Å². The lowest BCUT2D eigenvalue weighted by Gasteiger charge is -2.14. The fourth-order valence-corrected chi connectivity index (χ4v) is 3.62. The number of anilines is 2. The number of nitrogens with zero attached hydrogens (tertiary/aromatic N) is 1. The minimum Gasteiger partial charge on any atom is -0.493 e. The number of halogens is 4. The number of methoxy groups -OCH3 is 1. The molecule has 3 aromatic carbocycles. The SMILES string of the molecule is COc1cc(/C=C(/C#N)C(=O)Nc2ccc(Cl)cc2)cc(Cl)c1OCC(=O)Nc1ccc(Cl)c(Cl)c1. The van der Waals surface area contributed by atoms with Gasteiger partial charge >= 0.3 is 0 Å². The molecule has 0 fully saturated rings. The number of carbonyl (C=O) groups excluding carboxylic acids is 2. The van der Waals surface area contributed by atoms with Gasteiger partial charge in [-0.3, -0.25) is 9.59 Å². The third-order valence-corrected chi connectivity index (χ3v) is 5.85. The van der Waals surface area contributed by atoms with Crippen molar-refractivity contribution in [1.29, 1.82) is 5.26 Å². The molecule has 0 aliphatic heterocycles. The van der Waals surface area contributed by atoms with Gasteiger partial charge in [0.25, 0.3) is 11.8 Å². The summed E-state index contributed by atoms with van der Waals surface area (Å²) in [6.07, 6.45) is 1.35. The number of benzene rings is 3. The van der Waals surface area contributed by atoms with Gasteiger partial charge in [-0.1, -0.05) is 46.4 Å². The Hall–Kier alpha value is -3.41. The van der Waals surface area contributed by atoms with Crippen molar-refractivity contribution in [1.82, 2.24) is 0 Å². The highest BCUT2D eigenvalue weighted by Crippen LogP contribution is 2.37. The molecular formula is C25H17Cl4N3O4. The second-order valence-electron chi connectivity index (χ2n) is 7.13. The van der Waals surface area contributed by atoms with Gasteiger partial charge in [0.15, 0.2) is 18.1 Å². The Kier molecular flexibility index (Phi) is 9.45. The first-order valence-electron chi connectivity index (χ1n) is 10.1. The van der Waals surface area contributed by atoms with Crippen LogP contribution in [0.25, 0.3) is 6.08 Å². The molecule has 3 aromatic rings. The van der Waals surface area contributed by atoms with Gasteiger partial charge in [0.1, 0.15) is 11.6 Å². The number of rotatable bonds is 8. The molecule has 36 heavy (non-hydrogen) atoms. The Balaban J connectivity index is 1.73. The fourth-order valence-electron chi connectivity index (χ4n) is 2.92. The van der Waals surface area contributed by atoms with Crippen LogP contribution in [0.5, 0.6) is 11.5 Å². The molecule has 11 heteroatoms. The van der Waals surface area contributed by atoms with Crippen molar-refractivity contribution in [3.05, 3.63) is 85.8 Å². The topological polar surface area (TPSA) is 100 Å². The molecule has 0 aliphatic carbocycles. The van der Waals surface area contributed by atoms with Crippen LogP contribution < -0.4 is 20.1 Å².